The first-order valence-corrected chi connectivity index (χ1v) is 8.91. The monoisotopic (exact) mass is 379 g/mol. The van der Waals surface area contributed by atoms with Gasteiger partial charge in [-0.25, -0.2) is 0 Å². The summed E-state index contributed by atoms with van der Waals surface area (Å²) in [6.07, 6.45) is 3.33. The Morgan fingerprint density at radius 1 is 1.36 bits per heavy atom. The molecule has 1 fully saturated rings. The van der Waals surface area contributed by atoms with Crippen molar-refractivity contribution in [1.82, 2.24) is 14.8 Å². The maximum atomic E-state index is 12.4. The van der Waals surface area contributed by atoms with Crippen molar-refractivity contribution >= 4 is 33.2 Å². The number of rotatable bonds is 3. The summed E-state index contributed by atoms with van der Waals surface area (Å²) in [7, 11) is 0. The second-order valence-corrected chi connectivity index (χ2v) is 7.93. The van der Waals surface area contributed by atoms with Crippen LogP contribution in [0.15, 0.2) is 34.4 Å². The van der Waals surface area contributed by atoms with Gasteiger partial charge in [-0.1, -0.05) is 0 Å². The van der Waals surface area contributed by atoms with Crippen LogP contribution < -0.4 is 0 Å². The molecule has 0 unspecified atom stereocenters. The number of piperazine rings is 1. The van der Waals surface area contributed by atoms with Crippen molar-refractivity contribution in [2.24, 2.45) is 0 Å². The minimum atomic E-state index is 0.0856. The van der Waals surface area contributed by atoms with Gasteiger partial charge in [0.1, 0.15) is 0 Å². The van der Waals surface area contributed by atoms with Crippen LogP contribution in [0.25, 0.3) is 0 Å². The highest BCUT2D eigenvalue weighted by Gasteiger charge is 2.22. The Kier molecular flexibility index (Phi) is 4.90. The second kappa shape index (κ2) is 6.89. The third-order valence-electron chi connectivity index (χ3n) is 3.86. The van der Waals surface area contributed by atoms with Crippen molar-refractivity contribution in [3.8, 4) is 0 Å². The number of pyridine rings is 1. The molecule has 1 aliphatic rings. The molecule has 0 bridgehead atoms. The molecule has 2 aromatic heterocycles. The molecule has 0 saturated carbocycles. The number of carbonyl (C=O) groups is 1. The Labute approximate surface area is 142 Å². The molecular formula is C16H18BrN3OS. The van der Waals surface area contributed by atoms with Crippen LogP contribution in [0.2, 0.25) is 0 Å². The number of aromatic nitrogens is 1. The molecule has 0 atom stereocenters. The smallest absolute Gasteiger partial charge is 0.255 e. The number of hydrogen-bond acceptors (Lipinski definition) is 4. The minimum absolute atomic E-state index is 0.0856. The Bertz CT molecular complexity index is 631. The molecule has 0 aliphatic carbocycles. The third-order valence-corrected chi connectivity index (χ3v) is 5.98. The summed E-state index contributed by atoms with van der Waals surface area (Å²) in [5, 5.41) is 0. The van der Waals surface area contributed by atoms with Crippen LogP contribution in [0.4, 0.5) is 0 Å². The normalized spacial score (nSPS) is 16.0. The van der Waals surface area contributed by atoms with E-state index in [2.05, 4.69) is 38.8 Å². The van der Waals surface area contributed by atoms with Crippen molar-refractivity contribution in [3.63, 3.8) is 0 Å². The van der Waals surface area contributed by atoms with Gasteiger partial charge in [-0.15, -0.1) is 11.3 Å². The number of hydrogen-bond donors (Lipinski definition) is 0. The number of carbonyl (C=O) groups excluding carboxylic acids is 1. The number of nitrogens with zero attached hydrogens (tertiary/aromatic N) is 3. The summed E-state index contributed by atoms with van der Waals surface area (Å²) in [6.45, 7) is 6.47. The van der Waals surface area contributed by atoms with Crippen molar-refractivity contribution in [1.29, 1.82) is 0 Å². The van der Waals surface area contributed by atoms with Gasteiger partial charge in [0.15, 0.2) is 0 Å². The molecule has 3 rings (SSSR count). The van der Waals surface area contributed by atoms with E-state index in [0.29, 0.717) is 5.56 Å². The number of thiophene rings is 1. The molecule has 1 saturated heterocycles. The van der Waals surface area contributed by atoms with Gasteiger partial charge in [0, 0.05) is 50.0 Å². The molecule has 0 N–H and O–H groups in total. The SMILES string of the molecule is Cc1cc(CN2CCN(C(=O)c3cccnc3)CC2)sc1Br. The fourth-order valence-corrected chi connectivity index (χ4v) is 4.27. The molecule has 22 heavy (non-hydrogen) atoms. The molecule has 6 heteroatoms. The lowest BCUT2D eigenvalue weighted by molar-refractivity contribution is 0.0629. The van der Waals surface area contributed by atoms with Crippen molar-refractivity contribution in [3.05, 3.63) is 50.4 Å². The molecule has 2 aromatic rings. The maximum absolute atomic E-state index is 12.4. The van der Waals surface area contributed by atoms with E-state index in [1.54, 1.807) is 29.8 Å². The summed E-state index contributed by atoms with van der Waals surface area (Å²) in [4.78, 5) is 22.1. The second-order valence-electron chi connectivity index (χ2n) is 5.48. The number of aryl methyl sites for hydroxylation is 1. The largest absolute Gasteiger partial charge is 0.336 e. The number of amides is 1. The Morgan fingerprint density at radius 3 is 2.73 bits per heavy atom. The first-order chi connectivity index (χ1) is 10.6. The summed E-state index contributed by atoms with van der Waals surface area (Å²) < 4.78 is 1.22. The molecular weight excluding hydrogens is 362 g/mol. The minimum Gasteiger partial charge on any atom is -0.336 e. The first kappa shape index (κ1) is 15.6. The molecule has 0 aromatic carbocycles. The van der Waals surface area contributed by atoms with Crippen LogP contribution in [0.5, 0.6) is 0 Å². The Balaban J connectivity index is 1.55. The third kappa shape index (κ3) is 3.56. The molecule has 1 aliphatic heterocycles. The zero-order chi connectivity index (χ0) is 15.5. The van der Waals surface area contributed by atoms with Crippen LogP contribution in [0.1, 0.15) is 20.8 Å². The fourth-order valence-electron chi connectivity index (χ4n) is 2.60. The van der Waals surface area contributed by atoms with Gasteiger partial charge in [0.05, 0.1) is 9.35 Å². The van der Waals surface area contributed by atoms with Crippen molar-refractivity contribution in [2.45, 2.75) is 13.5 Å². The van der Waals surface area contributed by atoms with Gasteiger partial charge >= 0.3 is 0 Å². The maximum Gasteiger partial charge on any atom is 0.255 e. The van der Waals surface area contributed by atoms with E-state index in [4.69, 9.17) is 0 Å². The van der Waals surface area contributed by atoms with E-state index in [9.17, 15) is 4.79 Å². The quantitative estimate of drug-likeness (QED) is 0.821. The van der Waals surface area contributed by atoms with Gasteiger partial charge < -0.3 is 4.90 Å². The summed E-state index contributed by atoms with van der Waals surface area (Å²) >= 11 is 5.37. The lowest BCUT2D eigenvalue weighted by Crippen LogP contribution is -2.48. The molecule has 0 spiro atoms. The molecule has 116 valence electrons. The van der Waals surface area contributed by atoms with E-state index < -0.39 is 0 Å². The Morgan fingerprint density at radius 2 is 2.14 bits per heavy atom. The first-order valence-electron chi connectivity index (χ1n) is 7.30. The average Bonchev–Trinajstić information content (AvgIpc) is 2.86. The molecule has 3 heterocycles. The van der Waals surface area contributed by atoms with E-state index in [0.717, 1.165) is 32.7 Å². The van der Waals surface area contributed by atoms with E-state index in [1.807, 2.05) is 11.0 Å². The lowest BCUT2D eigenvalue weighted by Gasteiger charge is -2.34. The zero-order valence-electron chi connectivity index (χ0n) is 12.5. The highest BCUT2D eigenvalue weighted by Crippen LogP contribution is 2.28. The van der Waals surface area contributed by atoms with E-state index >= 15 is 0 Å². The summed E-state index contributed by atoms with van der Waals surface area (Å²) in [5.41, 5.74) is 1.97. The molecule has 4 nitrogen and oxygen atoms in total. The van der Waals surface area contributed by atoms with Crippen LogP contribution in [0, 0.1) is 6.92 Å². The van der Waals surface area contributed by atoms with E-state index in [1.165, 1.54) is 14.2 Å². The summed E-state index contributed by atoms with van der Waals surface area (Å²) in [6, 6.07) is 5.87. The molecule has 1 amide bonds. The van der Waals surface area contributed by atoms with Crippen LogP contribution >= 0.6 is 27.3 Å². The molecule has 0 radical (unpaired) electrons. The highest BCUT2D eigenvalue weighted by atomic mass is 79.9. The van der Waals surface area contributed by atoms with Crippen LogP contribution in [-0.4, -0.2) is 46.9 Å². The zero-order valence-corrected chi connectivity index (χ0v) is 14.9. The Hall–Kier alpha value is -1.24. The van der Waals surface area contributed by atoms with Crippen molar-refractivity contribution < 1.29 is 4.79 Å². The van der Waals surface area contributed by atoms with E-state index in [-0.39, 0.29) is 5.91 Å². The van der Waals surface area contributed by atoms with Crippen LogP contribution in [0.3, 0.4) is 0 Å². The van der Waals surface area contributed by atoms with Gasteiger partial charge in [-0.2, -0.15) is 0 Å². The lowest BCUT2D eigenvalue weighted by atomic mass is 10.2. The van der Waals surface area contributed by atoms with Gasteiger partial charge in [-0.3, -0.25) is 14.7 Å². The standard InChI is InChI=1S/C16H18BrN3OS/c1-12-9-14(22-15(12)17)11-19-5-7-20(8-6-19)16(21)13-3-2-4-18-10-13/h2-4,9-10H,5-8,11H2,1H3. The number of halogens is 1. The predicted octanol–water partition coefficient (Wildman–Crippen LogP) is 3.17. The van der Waals surface area contributed by atoms with Gasteiger partial charge in [-0.05, 0) is 46.6 Å². The topological polar surface area (TPSA) is 36.4 Å². The van der Waals surface area contributed by atoms with Gasteiger partial charge in [0.2, 0.25) is 0 Å². The fraction of sp³-hybridized carbons (Fsp3) is 0.375. The van der Waals surface area contributed by atoms with Crippen LogP contribution in [-0.2, 0) is 6.54 Å². The van der Waals surface area contributed by atoms with Crippen molar-refractivity contribution in [2.75, 3.05) is 26.2 Å². The van der Waals surface area contributed by atoms with Gasteiger partial charge in [0.25, 0.3) is 5.91 Å². The predicted molar refractivity (Wildman–Crippen MR) is 92.2 cm³/mol. The average molecular weight is 380 g/mol. The summed E-state index contributed by atoms with van der Waals surface area (Å²) in [5.74, 6) is 0.0856. The highest BCUT2D eigenvalue weighted by molar-refractivity contribution is 9.11.